The van der Waals surface area contributed by atoms with Crippen LogP contribution in [0.15, 0.2) is 24.3 Å². The molecule has 0 heterocycles. The van der Waals surface area contributed by atoms with Crippen molar-refractivity contribution in [3.05, 3.63) is 57.6 Å². The van der Waals surface area contributed by atoms with E-state index in [4.69, 9.17) is 0 Å². The summed E-state index contributed by atoms with van der Waals surface area (Å²) in [5, 5.41) is 15.8. The number of nitrogens with one attached hydrogen (secondary N) is 2. The number of carbonyl (C=O) groups is 3. The van der Waals surface area contributed by atoms with E-state index >= 15 is 0 Å². The van der Waals surface area contributed by atoms with Crippen molar-refractivity contribution in [3.63, 3.8) is 0 Å². The van der Waals surface area contributed by atoms with E-state index in [1.54, 1.807) is 14.1 Å². The number of hydrogen-bond acceptors (Lipinski definition) is 4. The highest BCUT2D eigenvalue weighted by Crippen LogP contribution is 2.47. The van der Waals surface area contributed by atoms with Crippen molar-refractivity contribution >= 4 is 29.2 Å². The predicted octanol–water partition coefficient (Wildman–Crippen LogP) is 3.95. The van der Waals surface area contributed by atoms with Crippen molar-refractivity contribution in [2.24, 2.45) is 5.41 Å². The first-order chi connectivity index (χ1) is 15.9. The SMILES string of the molecule is Cc1c(C)c(C)c(Nc2ccc(CC(NC(=O)C3(C(=O)N(C)C)CC3)C(=O)O)cc2)c(C)c1C. The molecule has 1 unspecified atom stereocenters. The van der Waals surface area contributed by atoms with Crippen LogP contribution in [-0.4, -0.2) is 47.9 Å². The number of amides is 2. The van der Waals surface area contributed by atoms with Gasteiger partial charge in [0.15, 0.2) is 0 Å². The van der Waals surface area contributed by atoms with Crippen molar-refractivity contribution < 1.29 is 19.5 Å². The Morgan fingerprint density at radius 2 is 1.41 bits per heavy atom. The lowest BCUT2D eigenvalue weighted by Crippen LogP contribution is -2.49. The van der Waals surface area contributed by atoms with Gasteiger partial charge in [-0.05, 0) is 93.0 Å². The normalized spacial score (nSPS) is 14.8. The molecule has 182 valence electrons. The molecule has 2 aromatic rings. The molecule has 0 bridgehead atoms. The average molecular weight is 466 g/mol. The van der Waals surface area contributed by atoms with Gasteiger partial charge in [-0.25, -0.2) is 4.79 Å². The highest BCUT2D eigenvalue weighted by atomic mass is 16.4. The van der Waals surface area contributed by atoms with E-state index in [1.165, 1.54) is 32.7 Å². The van der Waals surface area contributed by atoms with Gasteiger partial charge >= 0.3 is 5.97 Å². The van der Waals surface area contributed by atoms with Crippen LogP contribution in [0.3, 0.4) is 0 Å². The Balaban J connectivity index is 1.73. The molecule has 1 aliphatic rings. The summed E-state index contributed by atoms with van der Waals surface area (Å²) >= 11 is 0. The summed E-state index contributed by atoms with van der Waals surface area (Å²) in [6, 6.07) is 6.45. The smallest absolute Gasteiger partial charge is 0.326 e. The molecule has 2 aromatic carbocycles. The minimum Gasteiger partial charge on any atom is -0.480 e. The van der Waals surface area contributed by atoms with Crippen LogP contribution < -0.4 is 10.6 Å². The van der Waals surface area contributed by atoms with Gasteiger partial charge in [0.1, 0.15) is 11.5 Å². The van der Waals surface area contributed by atoms with Crippen molar-refractivity contribution in [2.75, 3.05) is 19.4 Å². The lowest BCUT2D eigenvalue weighted by Gasteiger charge is -2.22. The van der Waals surface area contributed by atoms with Gasteiger partial charge in [0.2, 0.25) is 11.8 Å². The van der Waals surface area contributed by atoms with Crippen molar-refractivity contribution in [1.82, 2.24) is 10.2 Å². The van der Waals surface area contributed by atoms with E-state index in [0.717, 1.165) is 16.9 Å². The fraction of sp³-hybridized carbons (Fsp3) is 0.444. The molecular weight excluding hydrogens is 430 g/mol. The Morgan fingerprint density at radius 3 is 1.85 bits per heavy atom. The van der Waals surface area contributed by atoms with Gasteiger partial charge < -0.3 is 20.6 Å². The lowest BCUT2D eigenvalue weighted by atomic mass is 9.93. The van der Waals surface area contributed by atoms with Crippen LogP contribution in [-0.2, 0) is 20.8 Å². The second-order valence-corrected chi connectivity index (χ2v) is 9.67. The van der Waals surface area contributed by atoms with E-state index < -0.39 is 23.3 Å². The molecule has 0 spiro atoms. The van der Waals surface area contributed by atoms with E-state index in [2.05, 4.69) is 45.3 Å². The molecule has 0 saturated heterocycles. The number of hydrogen-bond donors (Lipinski definition) is 3. The maximum Gasteiger partial charge on any atom is 0.326 e. The number of benzene rings is 2. The summed E-state index contributed by atoms with van der Waals surface area (Å²) in [7, 11) is 3.20. The topological polar surface area (TPSA) is 98.7 Å². The third kappa shape index (κ3) is 4.79. The number of nitrogens with zero attached hydrogens (tertiary/aromatic N) is 1. The Morgan fingerprint density at radius 1 is 0.912 bits per heavy atom. The number of anilines is 2. The van der Waals surface area contributed by atoms with E-state index in [0.29, 0.717) is 12.8 Å². The lowest BCUT2D eigenvalue weighted by molar-refractivity contribution is -0.147. The van der Waals surface area contributed by atoms with Crippen LogP contribution in [0.4, 0.5) is 11.4 Å². The molecule has 3 N–H and O–H groups in total. The number of carbonyl (C=O) groups excluding carboxylic acids is 2. The number of rotatable bonds is 8. The van der Waals surface area contributed by atoms with Crippen LogP contribution >= 0.6 is 0 Å². The molecule has 7 nitrogen and oxygen atoms in total. The molecule has 2 amide bonds. The summed E-state index contributed by atoms with van der Waals surface area (Å²) in [5.41, 5.74) is 7.91. The highest BCUT2D eigenvalue weighted by molar-refractivity contribution is 6.08. The first-order valence-corrected chi connectivity index (χ1v) is 11.6. The summed E-state index contributed by atoms with van der Waals surface area (Å²) < 4.78 is 0. The molecule has 0 aliphatic heterocycles. The molecule has 1 saturated carbocycles. The molecule has 1 atom stereocenters. The maximum atomic E-state index is 12.7. The number of carboxylic acids is 1. The molecular formula is C27H35N3O4. The first-order valence-electron chi connectivity index (χ1n) is 11.6. The molecule has 34 heavy (non-hydrogen) atoms. The second kappa shape index (κ2) is 9.49. The molecule has 1 aliphatic carbocycles. The van der Waals surface area contributed by atoms with Crippen LogP contribution in [0.2, 0.25) is 0 Å². The van der Waals surface area contributed by atoms with E-state index in [9.17, 15) is 19.5 Å². The highest BCUT2D eigenvalue weighted by Gasteiger charge is 2.57. The second-order valence-electron chi connectivity index (χ2n) is 9.67. The third-order valence-electron chi connectivity index (χ3n) is 7.27. The Bertz CT molecular complexity index is 1100. The predicted molar refractivity (Wildman–Crippen MR) is 133 cm³/mol. The summed E-state index contributed by atoms with van der Waals surface area (Å²) in [6.45, 7) is 10.6. The number of aliphatic carboxylic acids is 1. The van der Waals surface area contributed by atoms with Crippen molar-refractivity contribution in [1.29, 1.82) is 0 Å². The zero-order chi connectivity index (χ0) is 25.4. The van der Waals surface area contributed by atoms with Gasteiger partial charge in [0.25, 0.3) is 0 Å². The van der Waals surface area contributed by atoms with Crippen molar-refractivity contribution in [3.8, 4) is 0 Å². The van der Waals surface area contributed by atoms with Gasteiger partial charge in [-0.1, -0.05) is 12.1 Å². The minimum absolute atomic E-state index is 0.133. The summed E-state index contributed by atoms with van der Waals surface area (Å²) in [6.07, 6.45) is 1.02. The number of carboxylic acid groups (broad SMARTS) is 1. The molecule has 0 radical (unpaired) electrons. The fourth-order valence-corrected chi connectivity index (χ4v) is 4.38. The van der Waals surface area contributed by atoms with Gasteiger partial charge in [-0.3, -0.25) is 9.59 Å². The minimum atomic E-state index is -1.12. The zero-order valence-electron chi connectivity index (χ0n) is 21.1. The molecule has 1 fully saturated rings. The van der Waals surface area contributed by atoms with E-state index in [1.807, 2.05) is 24.3 Å². The Labute approximate surface area is 201 Å². The first kappa shape index (κ1) is 25.3. The largest absolute Gasteiger partial charge is 0.480 e. The quantitative estimate of drug-likeness (QED) is 0.513. The van der Waals surface area contributed by atoms with Gasteiger partial charge in [-0.15, -0.1) is 0 Å². The summed E-state index contributed by atoms with van der Waals surface area (Å²) in [5.74, 6) is -1.91. The maximum absolute atomic E-state index is 12.7. The fourth-order valence-electron chi connectivity index (χ4n) is 4.38. The molecule has 3 rings (SSSR count). The zero-order valence-corrected chi connectivity index (χ0v) is 21.1. The summed E-state index contributed by atoms with van der Waals surface area (Å²) in [4.78, 5) is 38.4. The standard InChI is InChI=1S/C27H35N3O4/c1-15-16(2)18(4)23(19(5)17(15)3)28-21-10-8-20(9-11-21)14-22(24(31)32)29-25(33)27(12-13-27)26(34)30(6)7/h8-11,22,28H,12-14H2,1-7H3,(H,29,33)(H,31,32). The van der Waals surface area contributed by atoms with Gasteiger partial charge in [-0.2, -0.15) is 0 Å². The monoisotopic (exact) mass is 465 g/mol. The third-order valence-corrected chi connectivity index (χ3v) is 7.27. The van der Waals surface area contributed by atoms with Gasteiger partial charge in [0, 0.05) is 31.9 Å². The molecule has 7 heteroatoms. The Kier molecular flexibility index (Phi) is 7.05. The van der Waals surface area contributed by atoms with Gasteiger partial charge in [0.05, 0.1) is 0 Å². The van der Waals surface area contributed by atoms with Crippen LogP contribution in [0.25, 0.3) is 0 Å². The molecule has 0 aromatic heterocycles. The average Bonchev–Trinajstić information content (AvgIpc) is 3.61. The van der Waals surface area contributed by atoms with Crippen LogP contribution in [0, 0.1) is 40.0 Å². The van der Waals surface area contributed by atoms with Crippen molar-refractivity contribution in [2.45, 2.75) is 59.9 Å². The van der Waals surface area contributed by atoms with Crippen LogP contribution in [0.1, 0.15) is 46.2 Å². The van der Waals surface area contributed by atoms with E-state index in [-0.39, 0.29) is 12.3 Å². The Hall–Kier alpha value is -3.35. The van der Waals surface area contributed by atoms with Crippen LogP contribution in [0.5, 0.6) is 0 Å².